The van der Waals surface area contributed by atoms with Gasteiger partial charge >= 0.3 is 0 Å². The molecule has 0 saturated carbocycles. The monoisotopic (exact) mass is 162 g/mol. The molecule has 1 heterocycles. The van der Waals surface area contributed by atoms with Crippen LogP contribution in [0.3, 0.4) is 0 Å². The molecular formula is C9H10N2O. The summed E-state index contributed by atoms with van der Waals surface area (Å²) in [7, 11) is 0. The van der Waals surface area contributed by atoms with Crippen molar-refractivity contribution < 1.29 is 4.79 Å². The molecular weight excluding hydrogens is 152 g/mol. The molecule has 0 atom stereocenters. The minimum absolute atomic E-state index is 0.156. The number of amides is 1. The third kappa shape index (κ3) is 2.54. The maximum absolute atomic E-state index is 11.0. The third-order valence-corrected chi connectivity index (χ3v) is 1.23. The number of anilines is 1. The van der Waals surface area contributed by atoms with E-state index in [-0.39, 0.29) is 5.91 Å². The van der Waals surface area contributed by atoms with Crippen LogP contribution in [0.25, 0.3) is 0 Å². The molecule has 0 aliphatic rings. The van der Waals surface area contributed by atoms with E-state index in [0.29, 0.717) is 5.82 Å². The summed E-state index contributed by atoms with van der Waals surface area (Å²) in [5.74, 6) is 0.414. The van der Waals surface area contributed by atoms with E-state index in [1.54, 1.807) is 31.3 Å². The number of hydrogen-bond acceptors (Lipinski definition) is 2. The molecule has 1 N–H and O–H groups in total. The lowest BCUT2D eigenvalue weighted by Crippen LogP contribution is -2.08. The Morgan fingerprint density at radius 1 is 1.58 bits per heavy atom. The molecule has 0 aromatic carbocycles. The van der Waals surface area contributed by atoms with Crippen LogP contribution in [0.1, 0.15) is 6.92 Å². The van der Waals surface area contributed by atoms with Crippen molar-refractivity contribution in [1.29, 1.82) is 0 Å². The van der Waals surface area contributed by atoms with Crippen molar-refractivity contribution in [3.63, 3.8) is 0 Å². The molecule has 0 aliphatic heterocycles. The lowest BCUT2D eigenvalue weighted by Gasteiger charge is -1.98. The molecule has 1 amide bonds. The first-order chi connectivity index (χ1) is 5.83. The molecule has 62 valence electrons. The smallest absolute Gasteiger partial charge is 0.249 e. The normalized spacial score (nSPS) is 10.1. The Labute approximate surface area is 71.1 Å². The van der Waals surface area contributed by atoms with Gasteiger partial charge in [-0.2, -0.15) is 0 Å². The highest BCUT2D eigenvalue weighted by Crippen LogP contribution is 1.98. The topological polar surface area (TPSA) is 42.0 Å². The fourth-order valence-corrected chi connectivity index (χ4v) is 0.756. The Kier molecular flexibility index (Phi) is 3.02. The first kappa shape index (κ1) is 8.46. The minimum atomic E-state index is -0.156. The van der Waals surface area contributed by atoms with Crippen molar-refractivity contribution in [1.82, 2.24) is 4.98 Å². The number of carbonyl (C=O) groups is 1. The first-order valence-electron chi connectivity index (χ1n) is 3.67. The number of nitrogens with one attached hydrogen (secondary N) is 1. The second-order valence-corrected chi connectivity index (χ2v) is 2.20. The highest BCUT2D eigenvalue weighted by atomic mass is 16.1. The van der Waals surface area contributed by atoms with Crippen LogP contribution in [-0.4, -0.2) is 10.9 Å². The zero-order valence-electron chi connectivity index (χ0n) is 6.82. The van der Waals surface area contributed by atoms with Crippen LogP contribution >= 0.6 is 0 Å². The van der Waals surface area contributed by atoms with E-state index >= 15 is 0 Å². The van der Waals surface area contributed by atoms with E-state index in [2.05, 4.69) is 10.3 Å². The Morgan fingerprint density at radius 3 is 3.00 bits per heavy atom. The molecule has 0 bridgehead atoms. The van der Waals surface area contributed by atoms with Gasteiger partial charge in [-0.25, -0.2) is 4.98 Å². The fraction of sp³-hybridized carbons (Fsp3) is 0.111. The van der Waals surface area contributed by atoms with Crippen LogP contribution in [0, 0.1) is 0 Å². The van der Waals surface area contributed by atoms with Crippen LogP contribution in [0.2, 0.25) is 0 Å². The summed E-state index contributed by atoms with van der Waals surface area (Å²) in [5, 5.41) is 2.61. The number of allylic oxidation sites excluding steroid dienone is 1. The van der Waals surface area contributed by atoms with Crippen molar-refractivity contribution in [3.8, 4) is 0 Å². The average molecular weight is 162 g/mol. The predicted molar refractivity (Wildman–Crippen MR) is 47.7 cm³/mol. The van der Waals surface area contributed by atoms with E-state index in [4.69, 9.17) is 0 Å². The molecule has 0 saturated heterocycles. The lowest BCUT2D eigenvalue weighted by molar-refractivity contribution is -0.111. The Balaban J connectivity index is 2.59. The maximum Gasteiger partial charge on any atom is 0.249 e. The zero-order chi connectivity index (χ0) is 8.81. The van der Waals surface area contributed by atoms with Gasteiger partial charge in [0.2, 0.25) is 5.91 Å². The number of aromatic nitrogens is 1. The number of carbonyl (C=O) groups excluding carboxylic acids is 1. The van der Waals surface area contributed by atoms with E-state index in [9.17, 15) is 4.79 Å². The fourth-order valence-electron chi connectivity index (χ4n) is 0.756. The van der Waals surface area contributed by atoms with Gasteiger partial charge < -0.3 is 5.32 Å². The van der Waals surface area contributed by atoms with E-state index in [1.807, 2.05) is 6.07 Å². The summed E-state index contributed by atoms with van der Waals surface area (Å²) in [6.45, 7) is 1.79. The minimum Gasteiger partial charge on any atom is -0.307 e. The van der Waals surface area contributed by atoms with Crippen molar-refractivity contribution in [2.45, 2.75) is 6.92 Å². The van der Waals surface area contributed by atoms with Gasteiger partial charge in [0.1, 0.15) is 5.82 Å². The van der Waals surface area contributed by atoms with E-state index < -0.39 is 0 Å². The maximum atomic E-state index is 11.0. The van der Waals surface area contributed by atoms with Crippen LogP contribution < -0.4 is 5.32 Å². The molecule has 1 rings (SSSR count). The standard InChI is InChI=1S/C9H10N2O/c1-2-5-9(12)11-8-6-3-4-7-10-8/h2-7H,1H3,(H,10,11,12). The van der Waals surface area contributed by atoms with Gasteiger partial charge in [-0.15, -0.1) is 0 Å². The summed E-state index contributed by atoms with van der Waals surface area (Å²) < 4.78 is 0. The number of hydrogen-bond donors (Lipinski definition) is 1. The second-order valence-electron chi connectivity index (χ2n) is 2.20. The van der Waals surface area contributed by atoms with Crippen LogP contribution in [0.15, 0.2) is 36.5 Å². The molecule has 0 aliphatic carbocycles. The SMILES string of the molecule is CC=CC(=O)Nc1ccccn1. The van der Waals surface area contributed by atoms with E-state index in [1.165, 1.54) is 6.08 Å². The molecule has 3 nitrogen and oxygen atoms in total. The molecule has 0 unspecified atom stereocenters. The van der Waals surface area contributed by atoms with Crippen LogP contribution in [0.5, 0.6) is 0 Å². The first-order valence-corrected chi connectivity index (χ1v) is 3.67. The Hall–Kier alpha value is -1.64. The van der Waals surface area contributed by atoms with E-state index in [0.717, 1.165) is 0 Å². The molecule has 0 fully saturated rings. The third-order valence-electron chi connectivity index (χ3n) is 1.23. The molecule has 1 aromatic rings. The summed E-state index contributed by atoms with van der Waals surface area (Å²) in [4.78, 5) is 14.9. The molecule has 3 heteroatoms. The molecule has 1 aromatic heterocycles. The van der Waals surface area contributed by atoms with Crippen molar-refractivity contribution >= 4 is 11.7 Å². The van der Waals surface area contributed by atoms with Gasteiger partial charge in [0, 0.05) is 6.20 Å². The quantitative estimate of drug-likeness (QED) is 0.671. The van der Waals surface area contributed by atoms with Gasteiger partial charge in [0.15, 0.2) is 0 Å². The van der Waals surface area contributed by atoms with Crippen LogP contribution in [-0.2, 0) is 4.79 Å². The highest BCUT2D eigenvalue weighted by Gasteiger charge is 1.95. The van der Waals surface area contributed by atoms with Crippen LogP contribution in [0.4, 0.5) is 5.82 Å². The van der Waals surface area contributed by atoms with Gasteiger partial charge in [0.05, 0.1) is 0 Å². The van der Waals surface area contributed by atoms with Crippen molar-refractivity contribution in [3.05, 3.63) is 36.5 Å². The number of pyridine rings is 1. The summed E-state index contributed by atoms with van der Waals surface area (Å²) in [5.41, 5.74) is 0. The summed E-state index contributed by atoms with van der Waals surface area (Å²) in [6.07, 6.45) is 4.76. The number of rotatable bonds is 2. The molecule has 0 spiro atoms. The van der Waals surface area contributed by atoms with Gasteiger partial charge in [-0.05, 0) is 25.1 Å². The molecule has 12 heavy (non-hydrogen) atoms. The van der Waals surface area contributed by atoms with Gasteiger partial charge in [0.25, 0.3) is 0 Å². The second kappa shape index (κ2) is 4.28. The van der Waals surface area contributed by atoms with Gasteiger partial charge in [-0.3, -0.25) is 4.79 Å². The highest BCUT2D eigenvalue weighted by molar-refractivity contribution is 5.98. The Bertz CT molecular complexity index is 280. The van der Waals surface area contributed by atoms with Gasteiger partial charge in [-0.1, -0.05) is 12.1 Å². The van der Waals surface area contributed by atoms with Crippen molar-refractivity contribution in [2.24, 2.45) is 0 Å². The molecule has 0 radical (unpaired) electrons. The van der Waals surface area contributed by atoms with Crippen molar-refractivity contribution in [2.75, 3.05) is 5.32 Å². The largest absolute Gasteiger partial charge is 0.307 e. The lowest BCUT2D eigenvalue weighted by atomic mass is 10.4. The number of nitrogens with zero attached hydrogens (tertiary/aromatic N) is 1. The summed E-state index contributed by atoms with van der Waals surface area (Å²) in [6, 6.07) is 5.35. The Morgan fingerprint density at radius 2 is 2.42 bits per heavy atom. The predicted octanol–water partition coefficient (Wildman–Crippen LogP) is 1.60. The summed E-state index contributed by atoms with van der Waals surface area (Å²) >= 11 is 0. The zero-order valence-corrected chi connectivity index (χ0v) is 6.82. The average Bonchev–Trinajstić information content (AvgIpc) is 2.06.